The lowest BCUT2D eigenvalue weighted by atomic mass is 9.96. The van der Waals surface area contributed by atoms with Crippen LogP contribution in [-0.2, 0) is 16.1 Å². The highest BCUT2D eigenvalue weighted by Gasteiger charge is 2.21. The molecule has 2 aromatic rings. The third-order valence-electron chi connectivity index (χ3n) is 3.34. The van der Waals surface area contributed by atoms with Crippen molar-refractivity contribution in [3.8, 4) is 0 Å². The number of nitrogens with zero attached hydrogens (tertiary/aromatic N) is 2. The zero-order chi connectivity index (χ0) is 17.9. The number of fused-ring (bicyclic) bond motifs is 1. The first-order chi connectivity index (χ1) is 11.3. The average Bonchev–Trinajstić information content (AvgIpc) is 2.84. The lowest BCUT2D eigenvalue weighted by Gasteiger charge is -2.11. The third-order valence-corrected chi connectivity index (χ3v) is 4.39. The molecule has 1 aromatic carbocycles. The zero-order valence-corrected chi connectivity index (χ0v) is 15.3. The molecular formula is C18H22N2O3S. The van der Waals surface area contributed by atoms with Crippen molar-refractivity contribution >= 4 is 33.4 Å². The Hall–Kier alpha value is -2.21. The van der Waals surface area contributed by atoms with Crippen LogP contribution in [0.2, 0.25) is 0 Å². The van der Waals surface area contributed by atoms with Crippen LogP contribution in [0.5, 0.6) is 0 Å². The van der Waals surface area contributed by atoms with Crippen molar-refractivity contribution in [2.45, 2.75) is 34.2 Å². The van der Waals surface area contributed by atoms with Crippen molar-refractivity contribution < 1.29 is 14.3 Å². The largest absolute Gasteiger partial charge is 0.462 e. The van der Waals surface area contributed by atoms with E-state index in [4.69, 9.17) is 4.74 Å². The van der Waals surface area contributed by atoms with Gasteiger partial charge in [-0.1, -0.05) is 38.2 Å². The van der Waals surface area contributed by atoms with Crippen LogP contribution in [0.3, 0.4) is 0 Å². The molecule has 0 spiro atoms. The molecule has 0 aliphatic carbocycles. The van der Waals surface area contributed by atoms with Gasteiger partial charge in [0.2, 0.25) is 0 Å². The summed E-state index contributed by atoms with van der Waals surface area (Å²) in [5, 5.41) is 0. The van der Waals surface area contributed by atoms with Crippen LogP contribution in [0.1, 0.15) is 38.1 Å². The fourth-order valence-electron chi connectivity index (χ4n) is 2.06. The van der Waals surface area contributed by atoms with Gasteiger partial charge in [0.25, 0.3) is 5.91 Å². The van der Waals surface area contributed by atoms with Crippen LogP contribution in [0.15, 0.2) is 35.8 Å². The second kappa shape index (κ2) is 7.13. The van der Waals surface area contributed by atoms with Crippen molar-refractivity contribution in [1.82, 2.24) is 4.57 Å². The van der Waals surface area contributed by atoms with Gasteiger partial charge in [-0.25, -0.2) is 4.79 Å². The van der Waals surface area contributed by atoms with E-state index in [1.54, 1.807) is 25.1 Å². The molecule has 1 aromatic heterocycles. The summed E-state index contributed by atoms with van der Waals surface area (Å²) in [5.41, 5.74) is 0.858. The summed E-state index contributed by atoms with van der Waals surface area (Å²) in [5.74, 6) is -0.537. The summed E-state index contributed by atoms with van der Waals surface area (Å²) in [6.45, 7) is 11.9. The molecule has 128 valence electrons. The summed E-state index contributed by atoms with van der Waals surface area (Å²) in [6.07, 6.45) is 1.76. The predicted octanol–water partition coefficient (Wildman–Crippen LogP) is 3.54. The summed E-state index contributed by atoms with van der Waals surface area (Å²) in [7, 11) is 0. The molecular weight excluding hydrogens is 324 g/mol. The van der Waals surface area contributed by atoms with Crippen LogP contribution in [0.25, 0.3) is 10.2 Å². The van der Waals surface area contributed by atoms with Crippen molar-refractivity contribution in [1.29, 1.82) is 0 Å². The van der Waals surface area contributed by atoms with Crippen molar-refractivity contribution in [2.24, 2.45) is 10.4 Å². The number of benzene rings is 1. The molecule has 0 aliphatic heterocycles. The summed E-state index contributed by atoms with van der Waals surface area (Å²) in [6, 6.07) is 5.35. The topological polar surface area (TPSA) is 60.7 Å². The standard InChI is InChI=1S/C18H22N2O3S/c1-6-10-20-13-9-8-12(15(21)23-7-2)11-14(13)24-17(20)19-16(22)18(3,4)5/h6,8-9,11H,1,7,10H2,2-5H3. The molecule has 0 saturated carbocycles. The Balaban J connectivity index is 2.61. The van der Waals surface area contributed by atoms with Crippen LogP contribution in [0.4, 0.5) is 0 Å². The highest BCUT2D eigenvalue weighted by Crippen LogP contribution is 2.21. The smallest absolute Gasteiger partial charge is 0.338 e. The number of hydrogen-bond donors (Lipinski definition) is 0. The number of amides is 1. The number of esters is 1. The molecule has 0 unspecified atom stereocenters. The number of carbonyl (C=O) groups is 2. The molecule has 0 N–H and O–H groups in total. The van der Waals surface area contributed by atoms with Gasteiger partial charge in [0.1, 0.15) is 0 Å². The minimum absolute atomic E-state index is 0.183. The van der Waals surface area contributed by atoms with E-state index in [9.17, 15) is 9.59 Å². The molecule has 0 atom stereocenters. The normalized spacial score (nSPS) is 12.4. The van der Waals surface area contributed by atoms with E-state index in [0.717, 1.165) is 10.2 Å². The van der Waals surface area contributed by atoms with Gasteiger partial charge >= 0.3 is 5.97 Å². The monoisotopic (exact) mass is 346 g/mol. The molecule has 0 radical (unpaired) electrons. The zero-order valence-electron chi connectivity index (χ0n) is 14.5. The molecule has 0 aliphatic rings. The lowest BCUT2D eigenvalue weighted by Crippen LogP contribution is -2.23. The fraction of sp³-hybridized carbons (Fsp3) is 0.389. The maximum Gasteiger partial charge on any atom is 0.338 e. The van der Waals surface area contributed by atoms with Gasteiger partial charge in [0.15, 0.2) is 4.80 Å². The van der Waals surface area contributed by atoms with Gasteiger partial charge in [-0.15, -0.1) is 6.58 Å². The molecule has 1 heterocycles. The molecule has 2 rings (SSSR count). The molecule has 5 nitrogen and oxygen atoms in total. The van der Waals surface area contributed by atoms with Crippen LogP contribution < -0.4 is 4.80 Å². The number of carbonyl (C=O) groups excluding carboxylic acids is 2. The third kappa shape index (κ3) is 3.82. The number of ether oxygens (including phenoxy) is 1. The summed E-state index contributed by atoms with van der Waals surface area (Å²) in [4.78, 5) is 29.0. The van der Waals surface area contributed by atoms with Gasteiger partial charge in [-0.2, -0.15) is 4.99 Å². The molecule has 1 amide bonds. The van der Waals surface area contributed by atoms with E-state index in [2.05, 4.69) is 11.6 Å². The Bertz CT molecular complexity index is 853. The minimum Gasteiger partial charge on any atom is -0.462 e. The second-order valence-electron chi connectivity index (χ2n) is 6.35. The predicted molar refractivity (Wildman–Crippen MR) is 96.0 cm³/mol. The first-order valence-corrected chi connectivity index (χ1v) is 8.60. The van der Waals surface area contributed by atoms with Gasteiger partial charge in [0, 0.05) is 12.0 Å². The molecule has 0 bridgehead atoms. The van der Waals surface area contributed by atoms with Crippen LogP contribution in [0, 0.1) is 5.41 Å². The Morgan fingerprint density at radius 3 is 2.67 bits per heavy atom. The number of rotatable bonds is 4. The van der Waals surface area contributed by atoms with E-state index in [0.29, 0.717) is 23.5 Å². The van der Waals surface area contributed by atoms with Gasteiger partial charge < -0.3 is 9.30 Å². The molecule has 24 heavy (non-hydrogen) atoms. The maximum absolute atomic E-state index is 12.3. The van der Waals surface area contributed by atoms with E-state index in [1.807, 2.05) is 31.4 Å². The van der Waals surface area contributed by atoms with Gasteiger partial charge in [-0.3, -0.25) is 4.79 Å². The van der Waals surface area contributed by atoms with Crippen molar-refractivity contribution in [3.63, 3.8) is 0 Å². The molecule has 6 heteroatoms. The van der Waals surface area contributed by atoms with E-state index >= 15 is 0 Å². The lowest BCUT2D eigenvalue weighted by molar-refractivity contribution is -0.125. The van der Waals surface area contributed by atoms with Crippen molar-refractivity contribution in [2.75, 3.05) is 6.61 Å². The number of allylic oxidation sites excluding steroid dienone is 1. The molecule has 0 saturated heterocycles. The van der Waals surface area contributed by atoms with E-state index < -0.39 is 5.41 Å². The van der Waals surface area contributed by atoms with Gasteiger partial charge in [-0.05, 0) is 25.1 Å². The van der Waals surface area contributed by atoms with Crippen molar-refractivity contribution in [3.05, 3.63) is 41.2 Å². The summed E-state index contributed by atoms with van der Waals surface area (Å²) >= 11 is 1.38. The molecule has 0 fully saturated rings. The number of aromatic nitrogens is 1. The highest BCUT2D eigenvalue weighted by molar-refractivity contribution is 7.16. The Kier molecular flexibility index (Phi) is 5.39. The summed E-state index contributed by atoms with van der Waals surface area (Å²) < 4.78 is 7.84. The first-order valence-electron chi connectivity index (χ1n) is 7.78. The van der Waals surface area contributed by atoms with E-state index in [-0.39, 0.29) is 11.9 Å². The number of hydrogen-bond acceptors (Lipinski definition) is 4. The average molecular weight is 346 g/mol. The Morgan fingerprint density at radius 1 is 1.38 bits per heavy atom. The first kappa shape index (κ1) is 18.1. The van der Waals surface area contributed by atoms with E-state index in [1.165, 1.54) is 11.3 Å². The Labute approximate surface area is 145 Å². The SMILES string of the molecule is C=CCn1c(=NC(=O)C(C)(C)C)sc2cc(C(=O)OCC)ccc21. The number of thiazole rings is 1. The second-order valence-corrected chi connectivity index (χ2v) is 7.36. The van der Waals surface area contributed by atoms with Crippen LogP contribution >= 0.6 is 11.3 Å². The minimum atomic E-state index is -0.543. The van der Waals surface area contributed by atoms with Gasteiger partial charge in [0.05, 0.1) is 22.4 Å². The highest BCUT2D eigenvalue weighted by atomic mass is 32.1. The maximum atomic E-state index is 12.3. The fourth-order valence-corrected chi connectivity index (χ4v) is 3.14. The van der Waals surface area contributed by atoms with Crippen LogP contribution in [-0.4, -0.2) is 23.1 Å². The quantitative estimate of drug-likeness (QED) is 0.628. The Morgan fingerprint density at radius 2 is 2.08 bits per heavy atom.